The number of amides is 1. The van der Waals surface area contributed by atoms with Gasteiger partial charge in [-0.2, -0.15) is 0 Å². The molecule has 0 unspecified atom stereocenters. The molecule has 2 aromatic rings. The largest absolute Gasteiger partial charge is 0.497 e. The van der Waals surface area contributed by atoms with Gasteiger partial charge in [0.25, 0.3) is 5.91 Å². The van der Waals surface area contributed by atoms with E-state index in [1.807, 2.05) is 6.07 Å². The first kappa shape index (κ1) is 16.6. The van der Waals surface area contributed by atoms with Gasteiger partial charge in [-0.3, -0.25) is 4.79 Å². The third kappa shape index (κ3) is 3.32. The van der Waals surface area contributed by atoms with E-state index in [9.17, 15) is 4.79 Å². The van der Waals surface area contributed by atoms with Gasteiger partial charge in [0.1, 0.15) is 5.75 Å². The lowest BCUT2D eigenvalue weighted by Crippen LogP contribution is -2.33. The third-order valence-electron chi connectivity index (χ3n) is 5.20. The van der Waals surface area contributed by atoms with Crippen LogP contribution in [-0.2, 0) is 12.8 Å². The first-order chi connectivity index (χ1) is 12.2. The average molecular weight is 356 g/mol. The van der Waals surface area contributed by atoms with Crippen LogP contribution in [0.4, 0.5) is 0 Å². The second-order valence-electron chi connectivity index (χ2n) is 7.18. The summed E-state index contributed by atoms with van der Waals surface area (Å²) in [6, 6.07) is 8.45. The average Bonchev–Trinajstić information content (AvgIpc) is 3.34. The fourth-order valence-corrected chi connectivity index (χ4v) is 4.87. The first-order valence-electron chi connectivity index (χ1n) is 9.29. The van der Waals surface area contributed by atoms with Gasteiger partial charge in [0, 0.05) is 18.0 Å². The maximum absolute atomic E-state index is 13.1. The number of aryl methyl sites for hydroxylation is 2. The van der Waals surface area contributed by atoms with E-state index in [0.29, 0.717) is 0 Å². The molecule has 2 aliphatic rings. The van der Waals surface area contributed by atoms with E-state index in [2.05, 4.69) is 30.0 Å². The predicted molar refractivity (Wildman–Crippen MR) is 103 cm³/mol. The highest BCUT2D eigenvalue weighted by Gasteiger charge is 2.29. The SMILES string of the molecule is CCCN(CC1CC1)C(=O)c1cc2c(s1)-c1cc(OC)ccc1CC2. The van der Waals surface area contributed by atoms with Gasteiger partial charge in [-0.1, -0.05) is 13.0 Å². The van der Waals surface area contributed by atoms with E-state index in [1.165, 1.54) is 34.4 Å². The van der Waals surface area contributed by atoms with Gasteiger partial charge < -0.3 is 9.64 Å². The number of carbonyl (C=O) groups is 1. The molecule has 132 valence electrons. The molecule has 0 radical (unpaired) electrons. The van der Waals surface area contributed by atoms with Crippen LogP contribution in [0.1, 0.15) is 47.0 Å². The summed E-state index contributed by atoms with van der Waals surface area (Å²) in [7, 11) is 1.70. The maximum atomic E-state index is 13.1. The van der Waals surface area contributed by atoms with Crippen LogP contribution in [-0.4, -0.2) is 31.0 Å². The summed E-state index contributed by atoms with van der Waals surface area (Å²) in [4.78, 5) is 17.3. The minimum atomic E-state index is 0.220. The molecule has 0 atom stereocenters. The van der Waals surface area contributed by atoms with Gasteiger partial charge in [-0.05, 0) is 72.9 Å². The molecule has 1 heterocycles. The van der Waals surface area contributed by atoms with Crippen LogP contribution < -0.4 is 4.74 Å². The highest BCUT2D eigenvalue weighted by atomic mass is 32.1. The first-order valence-corrected chi connectivity index (χ1v) is 10.1. The topological polar surface area (TPSA) is 29.5 Å². The minimum Gasteiger partial charge on any atom is -0.497 e. The molecule has 1 fully saturated rings. The van der Waals surface area contributed by atoms with Crippen molar-refractivity contribution >= 4 is 17.2 Å². The second-order valence-corrected chi connectivity index (χ2v) is 8.23. The Kier molecular flexibility index (Phi) is 4.55. The Morgan fingerprint density at radius 2 is 2.04 bits per heavy atom. The molecule has 2 aliphatic carbocycles. The molecule has 1 saturated carbocycles. The summed E-state index contributed by atoms with van der Waals surface area (Å²) in [5.41, 5.74) is 3.92. The van der Waals surface area contributed by atoms with Crippen LogP contribution in [0, 0.1) is 5.92 Å². The molecule has 1 aromatic carbocycles. The van der Waals surface area contributed by atoms with Gasteiger partial charge in [-0.15, -0.1) is 11.3 Å². The molecule has 0 spiro atoms. The number of thiophene rings is 1. The molecule has 0 saturated heterocycles. The van der Waals surface area contributed by atoms with Crippen LogP contribution >= 0.6 is 11.3 Å². The number of methoxy groups -OCH3 is 1. The summed E-state index contributed by atoms with van der Waals surface area (Å²) < 4.78 is 5.40. The summed E-state index contributed by atoms with van der Waals surface area (Å²) in [6.07, 6.45) is 5.64. The van der Waals surface area contributed by atoms with E-state index in [1.54, 1.807) is 18.4 Å². The maximum Gasteiger partial charge on any atom is 0.263 e. The van der Waals surface area contributed by atoms with Crippen molar-refractivity contribution < 1.29 is 9.53 Å². The lowest BCUT2D eigenvalue weighted by Gasteiger charge is -2.21. The number of hydrogen-bond donors (Lipinski definition) is 0. The number of rotatable bonds is 6. The van der Waals surface area contributed by atoms with Gasteiger partial charge in [-0.25, -0.2) is 0 Å². The molecule has 3 nitrogen and oxygen atoms in total. The van der Waals surface area contributed by atoms with E-state index in [4.69, 9.17) is 4.74 Å². The number of hydrogen-bond acceptors (Lipinski definition) is 3. The van der Waals surface area contributed by atoms with E-state index in [-0.39, 0.29) is 5.91 Å². The van der Waals surface area contributed by atoms with Crippen molar-refractivity contribution in [3.05, 3.63) is 40.3 Å². The van der Waals surface area contributed by atoms with Crippen LogP contribution in [0.25, 0.3) is 10.4 Å². The van der Waals surface area contributed by atoms with Gasteiger partial charge >= 0.3 is 0 Å². The molecule has 4 heteroatoms. The zero-order valence-electron chi connectivity index (χ0n) is 15.0. The smallest absolute Gasteiger partial charge is 0.263 e. The Bertz CT molecular complexity index is 791. The highest BCUT2D eigenvalue weighted by molar-refractivity contribution is 7.17. The van der Waals surface area contributed by atoms with Crippen LogP contribution in [0.2, 0.25) is 0 Å². The van der Waals surface area contributed by atoms with Crippen molar-refractivity contribution in [2.45, 2.75) is 39.0 Å². The number of ether oxygens (including phenoxy) is 1. The molecule has 0 aliphatic heterocycles. The summed E-state index contributed by atoms with van der Waals surface area (Å²) >= 11 is 1.66. The summed E-state index contributed by atoms with van der Waals surface area (Å²) in [5.74, 6) is 1.84. The van der Waals surface area contributed by atoms with E-state index < -0.39 is 0 Å². The Labute approximate surface area is 153 Å². The standard InChI is InChI=1S/C21H25NO2S/c1-3-10-22(13-14-4-5-14)21(23)19-11-16-7-6-15-8-9-17(24-2)12-18(15)20(16)25-19/h8-9,11-12,14H,3-7,10,13H2,1-2H3. The van der Waals surface area contributed by atoms with Crippen molar-refractivity contribution in [2.75, 3.05) is 20.2 Å². The molecular weight excluding hydrogens is 330 g/mol. The summed E-state index contributed by atoms with van der Waals surface area (Å²) in [5, 5.41) is 0. The fraction of sp³-hybridized carbons (Fsp3) is 0.476. The minimum absolute atomic E-state index is 0.220. The van der Waals surface area contributed by atoms with Crippen molar-refractivity contribution in [3.63, 3.8) is 0 Å². The molecule has 4 rings (SSSR count). The highest BCUT2D eigenvalue weighted by Crippen LogP contribution is 2.41. The lowest BCUT2D eigenvalue weighted by molar-refractivity contribution is 0.0752. The van der Waals surface area contributed by atoms with Gasteiger partial charge in [0.15, 0.2) is 0 Å². The van der Waals surface area contributed by atoms with Crippen molar-refractivity contribution in [3.8, 4) is 16.2 Å². The summed E-state index contributed by atoms with van der Waals surface area (Å²) in [6.45, 7) is 3.94. The van der Waals surface area contributed by atoms with Crippen molar-refractivity contribution in [1.82, 2.24) is 4.90 Å². The molecule has 25 heavy (non-hydrogen) atoms. The Balaban J connectivity index is 1.64. The predicted octanol–water partition coefficient (Wildman–Crippen LogP) is 4.78. The normalized spacial score (nSPS) is 15.4. The third-order valence-corrected chi connectivity index (χ3v) is 6.40. The zero-order chi connectivity index (χ0) is 17.4. The molecule has 1 aromatic heterocycles. The molecule has 0 bridgehead atoms. The second kappa shape index (κ2) is 6.83. The Morgan fingerprint density at radius 3 is 2.76 bits per heavy atom. The zero-order valence-corrected chi connectivity index (χ0v) is 15.8. The van der Waals surface area contributed by atoms with Crippen molar-refractivity contribution in [2.24, 2.45) is 5.92 Å². The number of nitrogens with zero attached hydrogens (tertiary/aromatic N) is 1. The number of carbonyl (C=O) groups excluding carboxylic acids is 1. The lowest BCUT2D eigenvalue weighted by atomic mass is 9.91. The number of fused-ring (bicyclic) bond motifs is 3. The van der Waals surface area contributed by atoms with Crippen LogP contribution in [0.5, 0.6) is 5.75 Å². The number of benzene rings is 1. The Hall–Kier alpha value is -1.81. The Morgan fingerprint density at radius 1 is 1.24 bits per heavy atom. The van der Waals surface area contributed by atoms with Crippen molar-refractivity contribution in [1.29, 1.82) is 0 Å². The fourth-order valence-electron chi connectivity index (χ4n) is 3.64. The molecule has 0 N–H and O–H groups in total. The van der Waals surface area contributed by atoms with Gasteiger partial charge in [0.05, 0.1) is 12.0 Å². The van der Waals surface area contributed by atoms with Crippen LogP contribution in [0.15, 0.2) is 24.3 Å². The monoisotopic (exact) mass is 355 g/mol. The quantitative estimate of drug-likeness (QED) is 0.746. The van der Waals surface area contributed by atoms with E-state index in [0.717, 1.165) is 48.9 Å². The van der Waals surface area contributed by atoms with Crippen LogP contribution in [0.3, 0.4) is 0 Å². The van der Waals surface area contributed by atoms with Gasteiger partial charge in [0.2, 0.25) is 0 Å². The van der Waals surface area contributed by atoms with E-state index >= 15 is 0 Å². The molecule has 1 amide bonds. The molecular formula is C21H25NO2S.